The molecule has 1 aromatic rings. The van der Waals surface area contributed by atoms with Gasteiger partial charge in [-0.15, -0.1) is 0 Å². The fraction of sp³-hybridized carbons (Fsp3) is 0.615. The van der Waals surface area contributed by atoms with Crippen molar-refractivity contribution < 1.29 is 4.74 Å². The van der Waals surface area contributed by atoms with E-state index in [-0.39, 0.29) is 5.60 Å². The van der Waals surface area contributed by atoms with Gasteiger partial charge in [-0.25, -0.2) is 0 Å². The van der Waals surface area contributed by atoms with Gasteiger partial charge in [0.15, 0.2) is 0 Å². The first kappa shape index (κ1) is 11.6. The van der Waals surface area contributed by atoms with Crippen LogP contribution in [0.15, 0.2) is 24.5 Å². The SMILES string of the molecule is CC(c1ccncc1)N1CCOC(C)(C)C1. The van der Waals surface area contributed by atoms with Gasteiger partial charge in [0.2, 0.25) is 0 Å². The first-order valence-corrected chi connectivity index (χ1v) is 5.86. The van der Waals surface area contributed by atoms with Crippen LogP contribution in [0.3, 0.4) is 0 Å². The summed E-state index contributed by atoms with van der Waals surface area (Å²) < 4.78 is 5.73. The Labute approximate surface area is 97.4 Å². The van der Waals surface area contributed by atoms with E-state index < -0.39 is 0 Å². The van der Waals surface area contributed by atoms with Gasteiger partial charge in [0.25, 0.3) is 0 Å². The molecule has 1 unspecified atom stereocenters. The highest BCUT2D eigenvalue weighted by molar-refractivity contribution is 5.14. The monoisotopic (exact) mass is 220 g/mol. The lowest BCUT2D eigenvalue weighted by Crippen LogP contribution is -2.48. The third kappa shape index (κ3) is 2.60. The maximum absolute atomic E-state index is 5.73. The van der Waals surface area contributed by atoms with Gasteiger partial charge in [-0.3, -0.25) is 9.88 Å². The molecule has 0 radical (unpaired) electrons. The second-order valence-electron chi connectivity index (χ2n) is 5.04. The molecular formula is C13H20N2O. The minimum atomic E-state index is -0.0282. The van der Waals surface area contributed by atoms with Crippen molar-refractivity contribution in [1.82, 2.24) is 9.88 Å². The van der Waals surface area contributed by atoms with Crippen LogP contribution < -0.4 is 0 Å². The standard InChI is InChI=1S/C13H20N2O/c1-11(12-4-6-14-7-5-12)15-8-9-16-13(2,3)10-15/h4-7,11H,8-10H2,1-3H3. The van der Waals surface area contributed by atoms with Crippen molar-refractivity contribution >= 4 is 0 Å². The first-order valence-electron chi connectivity index (χ1n) is 5.86. The van der Waals surface area contributed by atoms with Crippen molar-refractivity contribution in [3.63, 3.8) is 0 Å². The second-order valence-corrected chi connectivity index (χ2v) is 5.04. The number of pyridine rings is 1. The topological polar surface area (TPSA) is 25.4 Å². The molecule has 0 spiro atoms. The third-order valence-corrected chi connectivity index (χ3v) is 3.19. The third-order valence-electron chi connectivity index (χ3n) is 3.19. The van der Waals surface area contributed by atoms with Crippen molar-refractivity contribution in [2.45, 2.75) is 32.4 Å². The molecule has 3 nitrogen and oxygen atoms in total. The summed E-state index contributed by atoms with van der Waals surface area (Å²) in [7, 11) is 0. The summed E-state index contributed by atoms with van der Waals surface area (Å²) in [5, 5.41) is 0. The lowest BCUT2D eigenvalue weighted by Gasteiger charge is -2.41. The number of hydrogen-bond acceptors (Lipinski definition) is 3. The maximum Gasteiger partial charge on any atom is 0.0753 e. The van der Waals surface area contributed by atoms with E-state index in [0.717, 1.165) is 19.7 Å². The molecule has 1 aliphatic heterocycles. The van der Waals surface area contributed by atoms with Gasteiger partial charge in [0, 0.05) is 31.5 Å². The molecule has 1 saturated heterocycles. The summed E-state index contributed by atoms with van der Waals surface area (Å²) in [5.74, 6) is 0. The molecule has 2 heterocycles. The molecule has 0 aromatic carbocycles. The van der Waals surface area contributed by atoms with E-state index in [2.05, 4.69) is 42.8 Å². The van der Waals surface area contributed by atoms with Gasteiger partial charge in [0.1, 0.15) is 0 Å². The summed E-state index contributed by atoms with van der Waals surface area (Å²) in [4.78, 5) is 6.53. The van der Waals surface area contributed by atoms with Crippen LogP contribution in [0.4, 0.5) is 0 Å². The van der Waals surface area contributed by atoms with Crippen molar-refractivity contribution in [3.05, 3.63) is 30.1 Å². The largest absolute Gasteiger partial charge is 0.373 e. The Bertz CT molecular complexity index is 337. The van der Waals surface area contributed by atoms with Crippen molar-refractivity contribution in [2.75, 3.05) is 19.7 Å². The molecule has 0 saturated carbocycles. The molecule has 1 atom stereocenters. The van der Waals surface area contributed by atoms with Crippen LogP contribution >= 0.6 is 0 Å². The van der Waals surface area contributed by atoms with Crippen LogP contribution in [0, 0.1) is 0 Å². The molecule has 2 rings (SSSR count). The zero-order valence-electron chi connectivity index (χ0n) is 10.3. The molecule has 1 aromatic heterocycles. The van der Waals surface area contributed by atoms with E-state index in [9.17, 15) is 0 Å². The van der Waals surface area contributed by atoms with E-state index in [1.165, 1.54) is 5.56 Å². The average molecular weight is 220 g/mol. The van der Waals surface area contributed by atoms with Gasteiger partial charge < -0.3 is 4.74 Å². The van der Waals surface area contributed by atoms with Crippen molar-refractivity contribution in [3.8, 4) is 0 Å². The van der Waals surface area contributed by atoms with E-state index in [0.29, 0.717) is 6.04 Å². The number of rotatable bonds is 2. The predicted molar refractivity (Wildman–Crippen MR) is 64.3 cm³/mol. The fourth-order valence-corrected chi connectivity index (χ4v) is 2.24. The van der Waals surface area contributed by atoms with Gasteiger partial charge in [-0.1, -0.05) is 0 Å². The van der Waals surface area contributed by atoms with Gasteiger partial charge >= 0.3 is 0 Å². The Kier molecular flexibility index (Phi) is 3.26. The number of nitrogens with zero attached hydrogens (tertiary/aromatic N) is 2. The number of ether oxygens (including phenoxy) is 1. The highest BCUT2D eigenvalue weighted by atomic mass is 16.5. The molecular weight excluding hydrogens is 200 g/mol. The van der Waals surface area contributed by atoms with Crippen molar-refractivity contribution in [2.24, 2.45) is 0 Å². The molecule has 1 aliphatic rings. The number of aromatic nitrogens is 1. The molecule has 0 bridgehead atoms. The summed E-state index contributed by atoms with van der Waals surface area (Å²) in [5.41, 5.74) is 1.30. The summed E-state index contributed by atoms with van der Waals surface area (Å²) in [6, 6.07) is 4.62. The summed E-state index contributed by atoms with van der Waals surface area (Å²) >= 11 is 0. The van der Waals surface area contributed by atoms with Gasteiger partial charge in [0.05, 0.1) is 12.2 Å². The average Bonchev–Trinajstić information content (AvgIpc) is 2.28. The van der Waals surface area contributed by atoms with E-state index in [1.807, 2.05) is 12.4 Å². The normalized spacial score (nSPS) is 22.9. The Hall–Kier alpha value is -0.930. The Morgan fingerprint density at radius 2 is 2.06 bits per heavy atom. The molecule has 1 fully saturated rings. The molecule has 3 heteroatoms. The van der Waals surface area contributed by atoms with E-state index >= 15 is 0 Å². The number of hydrogen-bond donors (Lipinski definition) is 0. The van der Waals surface area contributed by atoms with Crippen LogP contribution in [0.2, 0.25) is 0 Å². The summed E-state index contributed by atoms with van der Waals surface area (Å²) in [6.45, 7) is 9.36. The molecule has 0 N–H and O–H groups in total. The zero-order valence-corrected chi connectivity index (χ0v) is 10.3. The van der Waals surface area contributed by atoms with Crippen LogP contribution in [-0.2, 0) is 4.74 Å². The minimum absolute atomic E-state index is 0.0282. The quantitative estimate of drug-likeness (QED) is 0.764. The zero-order chi connectivity index (χ0) is 11.6. The Morgan fingerprint density at radius 3 is 2.69 bits per heavy atom. The highest BCUT2D eigenvalue weighted by Crippen LogP contribution is 2.25. The van der Waals surface area contributed by atoms with Crippen LogP contribution in [-0.4, -0.2) is 35.2 Å². The second kappa shape index (κ2) is 4.52. The van der Waals surface area contributed by atoms with Gasteiger partial charge in [-0.2, -0.15) is 0 Å². The lowest BCUT2D eigenvalue weighted by atomic mass is 10.0. The molecule has 0 aliphatic carbocycles. The molecule has 88 valence electrons. The maximum atomic E-state index is 5.73. The van der Waals surface area contributed by atoms with Crippen LogP contribution in [0.25, 0.3) is 0 Å². The highest BCUT2D eigenvalue weighted by Gasteiger charge is 2.29. The van der Waals surface area contributed by atoms with E-state index in [4.69, 9.17) is 4.74 Å². The van der Waals surface area contributed by atoms with E-state index in [1.54, 1.807) is 0 Å². The summed E-state index contributed by atoms with van der Waals surface area (Å²) in [6.07, 6.45) is 3.72. The lowest BCUT2D eigenvalue weighted by molar-refractivity contribution is -0.0958. The molecule has 0 amide bonds. The molecule has 16 heavy (non-hydrogen) atoms. The smallest absolute Gasteiger partial charge is 0.0753 e. The minimum Gasteiger partial charge on any atom is -0.373 e. The fourth-order valence-electron chi connectivity index (χ4n) is 2.24. The van der Waals surface area contributed by atoms with Crippen molar-refractivity contribution in [1.29, 1.82) is 0 Å². The first-order chi connectivity index (χ1) is 7.58. The van der Waals surface area contributed by atoms with Crippen LogP contribution in [0.1, 0.15) is 32.4 Å². The Balaban J connectivity index is 2.08. The van der Waals surface area contributed by atoms with Gasteiger partial charge in [-0.05, 0) is 38.5 Å². The number of morpholine rings is 1. The Morgan fingerprint density at radius 1 is 1.38 bits per heavy atom. The van der Waals surface area contributed by atoms with Crippen LogP contribution in [0.5, 0.6) is 0 Å². The predicted octanol–water partition coefficient (Wildman–Crippen LogP) is 2.25.